The molecule has 0 spiro atoms. The predicted molar refractivity (Wildman–Crippen MR) is 81.9 cm³/mol. The van der Waals surface area contributed by atoms with Crippen LogP contribution in [0.15, 0.2) is 33.7 Å². The monoisotopic (exact) mass is 308 g/mol. The summed E-state index contributed by atoms with van der Waals surface area (Å²) in [6.07, 6.45) is 0. The van der Waals surface area contributed by atoms with Gasteiger partial charge in [-0.25, -0.2) is 8.42 Å². The molecule has 2 rings (SSSR count). The molecule has 1 aromatic heterocycles. The summed E-state index contributed by atoms with van der Waals surface area (Å²) in [7, 11) is -3.64. The normalized spacial score (nSPS) is 12.4. The van der Waals surface area contributed by atoms with E-state index in [1.54, 1.807) is 26.0 Å². The molecular weight excluding hydrogens is 288 g/mol. The van der Waals surface area contributed by atoms with E-state index >= 15 is 0 Å². The summed E-state index contributed by atoms with van der Waals surface area (Å²) in [4.78, 5) is 0.218. The lowest BCUT2D eigenvalue weighted by atomic mass is 9.87. The van der Waals surface area contributed by atoms with Gasteiger partial charge in [0.05, 0.1) is 4.90 Å². The summed E-state index contributed by atoms with van der Waals surface area (Å²) in [6.45, 7) is 9.60. The number of aromatic nitrogens is 1. The SMILES string of the molecule is Cc1noc(C)c1NS(=O)(=O)c1ccc(C(C)(C)C)cc1. The third kappa shape index (κ3) is 3.26. The number of aryl methyl sites for hydroxylation is 2. The van der Waals surface area contributed by atoms with Crippen LogP contribution in [0.2, 0.25) is 0 Å². The molecule has 0 unspecified atom stereocenters. The molecule has 21 heavy (non-hydrogen) atoms. The van der Waals surface area contributed by atoms with Crippen molar-refractivity contribution < 1.29 is 12.9 Å². The zero-order chi connectivity index (χ0) is 15.8. The Kier molecular flexibility index (Phi) is 3.84. The van der Waals surface area contributed by atoms with Crippen LogP contribution < -0.4 is 4.72 Å². The molecule has 1 aromatic carbocycles. The molecule has 0 atom stereocenters. The molecule has 0 aliphatic carbocycles. The third-order valence-corrected chi connectivity index (χ3v) is 4.67. The van der Waals surface area contributed by atoms with Crippen molar-refractivity contribution in [3.05, 3.63) is 41.3 Å². The molecule has 0 aliphatic heterocycles. The molecule has 1 N–H and O–H groups in total. The highest BCUT2D eigenvalue weighted by molar-refractivity contribution is 7.92. The van der Waals surface area contributed by atoms with Gasteiger partial charge in [-0.1, -0.05) is 38.1 Å². The quantitative estimate of drug-likeness (QED) is 0.943. The lowest BCUT2D eigenvalue weighted by molar-refractivity contribution is 0.393. The zero-order valence-electron chi connectivity index (χ0n) is 12.9. The van der Waals surface area contributed by atoms with E-state index in [0.29, 0.717) is 17.1 Å². The topological polar surface area (TPSA) is 72.2 Å². The summed E-state index contributed by atoms with van der Waals surface area (Å²) >= 11 is 0. The molecule has 114 valence electrons. The Labute approximate surface area is 125 Å². The van der Waals surface area contributed by atoms with Gasteiger partial charge >= 0.3 is 0 Å². The van der Waals surface area contributed by atoms with Crippen LogP contribution in [0, 0.1) is 13.8 Å². The first-order chi connectivity index (χ1) is 9.61. The molecule has 0 amide bonds. The molecule has 0 radical (unpaired) electrons. The summed E-state index contributed by atoms with van der Waals surface area (Å²) in [6, 6.07) is 6.89. The van der Waals surface area contributed by atoms with Crippen LogP contribution >= 0.6 is 0 Å². The van der Waals surface area contributed by atoms with E-state index in [-0.39, 0.29) is 10.3 Å². The van der Waals surface area contributed by atoms with Gasteiger partial charge in [0.15, 0.2) is 5.76 Å². The van der Waals surface area contributed by atoms with Crippen molar-refractivity contribution in [1.29, 1.82) is 0 Å². The van der Waals surface area contributed by atoms with Crippen LogP contribution in [-0.4, -0.2) is 13.6 Å². The van der Waals surface area contributed by atoms with Gasteiger partial charge in [0.2, 0.25) is 0 Å². The van der Waals surface area contributed by atoms with E-state index in [9.17, 15) is 8.42 Å². The maximum Gasteiger partial charge on any atom is 0.262 e. The number of hydrogen-bond acceptors (Lipinski definition) is 4. The Morgan fingerprint density at radius 2 is 1.67 bits per heavy atom. The van der Waals surface area contributed by atoms with Crippen molar-refractivity contribution in [2.24, 2.45) is 0 Å². The van der Waals surface area contributed by atoms with Gasteiger partial charge in [0.25, 0.3) is 10.0 Å². The van der Waals surface area contributed by atoms with Crippen molar-refractivity contribution in [3.8, 4) is 0 Å². The van der Waals surface area contributed by atoms with Gasteiger partial charge in [-0.15, -0.1) is 0 Å². The Bertz CT molecular complexity index is 719. The number of sulfonamides is 1. The van der Waals surface area contributed by atoms with Gasteiger partial charge in [0.1, 0.15) is 11.4 Å². The number of rotatable bonds is 3. The average Bonchev–Trinajstić information content (AvgIpc) is 2.69. The molecule has 0 saturated carbocycles. The lowest BCUT2D eigenvalue weighted by Crippen LogP contribution is -2.15. The van der Waals surface area contributed by atoms with E-state index in [1.165, 1.54) is 0 Å². The van der Waals surface area contributed by atoms with Crippen LogP contribution in [0.4, 0.5) is 5.69 Å². The lowest BCUT2D eigenvalue weighted by Gasteiger charge is -2.19. The molecule has 0 aliphatic rings. The standard InChI is InChI=1S/C15H20N2O3S/c1-10-14(11(2)20-16-10)17-21(18,19)13-8-6-12(7-9-13)15(3,4)5/h6-9,17H,1-5H3. The van der Waals surface area contributed by atoms with Crippen LogP contribution in [0.5, 0.6) is 0 Å². The second-order valence-corrected chi connectivity index (χ2v) is 7.76. The van der Waals surface area contributed by atoms with Gasteiger partial charge in [-0.05, 0) is 37.0 Å². The second-order valence-electron chi connectivity index (χ2n) is 6.08. The summed E-state index contributed by atoms with van der Waals surface area (Å²) in [5.74, 6) is 0.447. The minimum absolute atomic E-state index is 0.0165. The molecule has 5 nitrogen and oxygen atoms in total. The molecule has 6 heteroatoms. The minimum atomic E-state index is -3.64. The molecule has 0 saturated heterocycles. The Morgan fingerprint density at radius 1 is 1.10 bits per heavy atom. The number of nitrogens with zero attached hydrogens (tertiary/aromatic N) is 1. The van der Waals surface area contributed by atoms with E-state index < -0.39 is 10.0 Å². The second kappa shape index (κ2) is 5.18. The fraction of sp³-hybridized carbons (Fsp3) is 0.400. The Balaban J connectivity index is 2.32. The molecule has 2 aromatic rings. The van der Waals surface area contributed by atoms with Crippen LogP contribution in [0.25, 0.3) is 0 Å². The van der Waals surface area contributed by atoms with Crippen LogP contribution in [0.3, 0.4) is 0 Å². The van der Waals surface area contributed by atoms with E-state index in [4.69, 9.17) is 4.52 Å². The highest BCUT2D eigenvalue weighted by atomic mass is 32.2. The maximum atomic E-state index is 12.4. The first-order valence-corrected chi connectivity index (χ1v) is 8.16. The molecular formula is C15H20N2O3S. The van der Waals surface area contributed by atoms with E-state index in [2.05, 4.69) is 30.6 Å². The fourth-order valence-electron chi connectivity index (χ4n) is 1.96. The van der Waals surface area contributed by atoms with Crippen molar-refractivity contribution >= 4 is 15.7 Å². The Hall–Kier alpha value is -1.82. The highest BCUT2D eigenvalue weighted by Gasteiger charge is 2.20. The van der Waals surface area contributed by atoms with Crippen LogP contribution in [-0.2, 0) is 15.4 Å². The average molecular weight is 308 g/mol. The van der Waals surface area contributed by atoms with Crippen LogP contribution in [0.1, 0.15) is 37.8 Å². The smallest absolute Gasteiger partial charge is 0.262 e. The number of nitrogens with one attached hydrogen (secondary N) is 1. The first kappa shape index (κ1) is 15.6. The largest absolute Gasteiger partial charge is 0.359 e. The van der Waals surface area contributed by atoms with Crippen molar-refractivity contribution in [2.45, 2.75) is 44.9 Å². The molecule has 0 fully saturated rings. The highest BCUT2D eigenvalue weighted by Crippen LogP contribution is 2.26. The number of hydrogen-bond donors (Lipinski definition) is 1. The summed E-state index contributed by atoms with van der Waals surface area (Å²) < 4.78 is 32.3. The third-order valence-electron chi connectivity index (χ3n) is 3.30. The summed E-state index contributed by atoms with van der Waals surface area (Å²) in [5, 5.41) is 3.74. The number of benzene rings is 1. The zero-order valence-corrected chi connectivity index (χ0v) is 13.7. The summed E-state index contributed by atoms with van der Waals surface area (Å²) in [5.41, 5.74) is 1.98. The van der Waals surface area contributed by atoms with Crippen molar-refractivity contribution in [2.75, 3.05) is 4.72 Å². The van der Waals surface area contributed by atoms with Gasteiger partial charge in [0, 0.05) is 0 Å². The van der Waals surface area contributed by atoms with Crippen molar-refractivity contribution in [3.63, 3.8) is 0 Å². The van der Waals surface area contributed by atoms with E-state index in [0.717, 1.165) is 5.56 Å². The number of anilines is 1. The molecule has 1 heterocycles. The van der Waals surface area contributed by atoms with Crippen molar-refractivity contribution in [1.82, 2.24) is 5.16 Å². The van der Waals surface area contributed by atoms with E-state index in [1.807, 2.05) is 12.1 Å². The fourth-order valence-corrected chi connectivity index (χ4v) is 3.13. The van der Waals surface area contributed by atoms with Gasteiger partial charge in [-0.3, -0.25) is 4.72 Å². The Morgan fingerprint density at radius 3 is 2.10 bits per heavy atom. The van der Waals surface area contributed by atoms with Gasteiger partial charge < -0.3 is 4.52 Å². The maximum absolute atomic E-state index is 12.4. The van der Waals surface area contributed by atoms with Gasteiger partial charge in [-0.2, -0.15) is 0 Å². The molecule has 0 bridgehead atoms. The first-order valence-electron chi connectivity index (χ1n) is 6.67. The predicted octanol–water partition coefficient (Wildman–Crippen LogP) is 3.39. The minimum Gasteiger partial charge on any atom is -0.359 e.